The summed E-state index contributed by atoms with van der Waals surface area (Å²) in [5, 5.41) is 16.3. The first-order valence-corrected chi connectivity index (χ1v) is 6.10. The molecule has 0 saturated carbocycles. The van der Waals surface area contributed by atoms with Crippen LogP contribution in [0.1, 0.15) is 11.6 Å². The van der Waals surface area contributed by atoms with Gasteiger partial charge in [-0.1, -0.05) is 11.6 Å². The number of nitrogens with zero attached hydrogens (tertiary/aromatic N) is 3. The first kappa shape index (κ1) is 16.4. The molecule has 0 unspecified atom stereocenters. The summed E-state index contributed by atoms with van der Waals surface area (Å²) in [6.07, 6.45) is 0.564. The maximum absolute atomic E-state index is 11.4. The number of hydrogen-bond donors (Lipinski definition) is 5. The number of hydrogen-bond acceptors (Lipinski definition) is 7. The third kappa shape index (κ3) is 5.10. The van der Waals surface area contributed by atoms with E-state index < -0.39 is 0 Å². The van der Waals surface area contributed by atoms with Crippen molar-refractivity contribution in [3.63, 3.8) is 0 Å². The van der Waals surface area contributed by atoms with E-state index in [0.717, 1.165) is 0 Å². The number of rotatable bonds is 4. The van der Waals surface area contributed by atoms with Gasteiger partial charge in [0, 0.05) is 13.0 Å². The maximum Gasteiger partial charge on any atom is 0.290 e. The van der Waals surface area contributed by atoms with Gasteiger partial charge in [-0.25, -0.2) is 4.98 Å². The van der Waals surface area contributed by atoms with Crippen LogP contribution in [0.4, 0.5) is 11.8 Å². The fraction of sp³-hybridized carbons (Fsp3) is 0.300. The Morgan fingerprint density at radius 2 is 2.14 bits per heavy atom. The van der Waals surface area contributed by atoms with E-state index in [1.165, 1.54) is 0 Å². The Hall–Kier alpha value is -2.62. The molecule has 2 aromatic heterocycles. The molecule has 21 heavy (non-hydrogen) atoms. The van der Waals surface area contributed by atoms with E-state index in [9.17, 15) is 4.79 Å². The van der Waals surface area contributed by atoms with Gasteiger partial charge in [0.15, 0.2) is 5.82 Å². The molecule has 0 aliphatic carbocycles. The number of aryl methyl sites for hydroxylation is 1. The summed E-state index contributed by atoms with van der Waals surface area (Å²) in [5.74, 6) is 1.70. The molecule has 0 radical (unpaired) electrons. The van der Waals surface area contributed by atoms with Gasteiger partial charge in [-0.15, -0.1) is 5.10 Å². The number of nitrogens with one attached hydrogen (secondary N) is 3. The van der Waals surface area contributed by atoms with E-state index in [1.54, 1.807) is 6.92 Å². The number of nitrogen functional groups attached to an aromatic ring is 1. The fourth-order valence-electron chi connectivity index (χ4n) is 1.41. The van der Waals surface area contributed by atoms with E-state index in [2.05, 4.69) is 30.5 Å². The topological polar surface area (TPSA) is 163 Å². The minimum atomic E-state index is -0.365. The third-order valence-electron chi connectivity index (χ3n) is 2.18. The molecule has 10 nitrogen and oxygen atoms in total. The Kier molecular flexibility index (Phi) is 6.14. The highest BCUT2D eigenvalue weighted by atomic mass is 35.5. The van der Waals surface area contributed by atoms with Crippen molar-refractivity contribution in [2.24, 2.45) is 0 Å². The van der Waals surface area contributed by atoms with Crippen molar-refractivity contribution in [3.05, 3.63) is 27.0 Å². The van der Waals surface area contributed by atoms with Gasteiger partial charge in [-0.05, 0) is 6.92 Å². The van der Waals surface area contributed by atoms with Crippen LogP contribution >= 0.6 is 11.6 Å². The lowest BCUT2D eigenvalue weighted by molar-refractivity contribution is -0.122. The van der Waals surface area contributed by atoms with Crippen LogP contribution in [0.15, 0.2) is 4.79 Å². The predicted octanol–water partition coefficient (Wildman–Crippen LogP) is -0.213. The Morgan fingerprint density at radius 1 is 1.48 bits per heavy atom. The average Bonchev–Trinajstić information content (AvgIpc) is 2.82. The molecule has 114 valence electrons. The standard InChI is InChI=1S/C9H12ClN7O.CH2O2/c1-4-13-7(6(10)8(18)14-4)12-3-2-5-15-9(11)17-16-5;2-1-3/h2-3H2,1H3,(H3,11,15,16,17)(H2,12,13,14,18);1H,(H,2,3). The largest absolute Gasteiger partial charge is 0.483 e. The zero-order valence-electron chi connectivity index (χ0n) is 11.1. The van der Waals surface area contributed by atoms with E-state index in [-0.39, 0.29) is 23.0 Å². The maximum atomic E-state index is 11.4. The van der Waals surface area contributed by atoms with Crippen LogP contribution < -0.4 is 16.6 Å². The van der Waals surface area contributed by atoms with Crippen molar-refractivity contribution in [2.75, 3.05) is 17.6 Å². The van der Waals surface area contributed by atoms with Gasteiger partial charge in [-0.2, -0.15) is 4.98 Å². The summed E-state index contributed by atoms with van der Waals surface area (Å²) in [6.45, 7) is 1.93. The Bertz CT molecular complexity index is 654. The summed E-state index contributed by atoms with van der Waals surface area (Å²) >= 11 is 5.83. The van der Waals surface area contributed by atoms with Gasteiger partial charge >= 0.3 is 0 Å². The van der Waals surface area contributed by atoms with Gasteiger partial charge < -0.3 is 21.1 Å². The molecule has 0 bridgehead atoms. The van der Waals surface area contributed by atoms with Crippen LogP contribution in [0.3, 0.4) is 0 Å². The Morgan fingerprint density at radius 3 is 2.71 bits per heavy atom. The molecule has 0 atom stereocenters. The minimum Gasteiger partial charge on any atom is -0.483 e. The van der Waals surface area contributed by atoms with E-state index >= 15 is 0 Å². The zero-order valence-corrected chi connectivity index (χ0v) is 11.8. The van der Waals surface area contributed by atoms with Gasteiger partial charge in [0.2, 0.25) is 5.95 Å². The molecule has 11 heteroatoms. The van der Waals surface area contributed by atoms with Crippen LogP contribution in [-0.4, -0.2) is 43.3 Å². The molecule has 2 aromatic rings. The molecular weight excluding hydrogens is 302 g/mol. The number of nitrogens with two attached hydrogens (primary N) is 1. The van der Waals surface area contributed by atoms with Crippen LogP contribution in [0.5, 0.6) is 0 Å². The van der Waals surface area contributed by atoms with Crippen molar-refractivity contribution in [1.29, 1.82) is 0 Å². The highest BCUT2D eigenvalue weighted by Gasteiger charge is 2.07. The molecule has 0 spiro atoms. The first-order chi connectivity index (χ1) is 9.97. The van der Waals surface area contributed by atoms with Crippen molar-refractivity contribution in [3.8, 4) is 0 Å². The highest BCUT2D eigenvalue weighted by molar-refractivity contribution is 6.32. The van der Waals surface area contributed by atoms with Crippen LogP contribution in [0.2, 0.25) is 5.02 Å². The van der Waals surface area contributed by atoms with Gasteiger partial charge in [0.05, 0.1) is 0 Å². The van der Waals surface area contributed by atoms with Gasteiger partial charge in [0.25, 0.3) is 12.0 Å². The lowest BCUT2D eigenvalue weighted by Crippen LogP contribution is -2.16. The lowest BCUT2D eigenvalue weighted by Gasteiger charge is -2.06. The van der Waals surface area contributed by atoms with E-state index in [1.807, 2.05) is 0 Å². The number of aromatic amines is 2. The smallest absolute Gasteiger partial charge is 0.290 e. The second-order valence-electron chi connectivity index (χ2n) is 3.74. The summed E-state index contributed by atoms with van der Waals surface area (Å²) in [6, 6.07) is 0. The molecule has 0 amide bonds. The predicted molar refractivity (Wildman–Crippen MR) is 76.3 cm³/mol. The Balaban J connectivity index is 0.000000677. The second kappa shape index (κ2) is 7.85. The number of aromatic nitrogens is 5. The molecule has 2 rings (SSSR count). The molecule has 0 aliphatic heterocycles. The molecule has 6 N–H and O–H groups in total. The molecule has 0 fully saturated rings. The average molecular weight is 316 g/mol. The Labute approximate surface area is 123 Å². The van der Waals surface area contributed by atoms with Crippen LogP contribution in [0, 0.1) is 6.92 Å². The molecule has 2 heterocycles. The van der Waals surface area contributed by atoms with Crippen molar-refractivity contribution >= 4 is 29.8 Å². The SMILES string of the molecule is Cc1nc(NCCc2nc(N)n[nH]2)c(Cl)c(=O)[nH]1.O=CO. The van der Waals surface area contributed by atoms with E-state index in [4.69, 9.17) is 27.2 Å². The number of carboxylic acid groups (broad SMARTS) is 1. The van der Waals surface area contributed by atoms with Crippen molar-refractivity contribution in [2.45, 2.75) is 13.3 Å². The van der Waals surface area contributed by atoms with Gasteiger partial charge in [-0.3, -0.25) is 14.7 Å². The fourth-order valence-corrected chi connectivity index (χ4v) is 1.57. The van der Waals surface area contributed by atoms with Crippen molar-refractivity contribution < 1.29 is 9.90 Å². The van der Waals surface area contributed by atoms with Crippen LogP contribution in [-0.2, 0) is 11.2 Å². The zero-order chi connectivity index (χ0) is 15.8. The molecular formula is C10H14ClN7O3. The number of halogens is 1. The molecule has 0 aromatic carbocycles. The summed E-state index contributed by atoms with van der Waals surface area (Å²) in [4.78, 5) is 30.3. The van der Waals surface area contributed by atoms with Gasteiger partial charge in [0.1, 0.15) is 16.7 Å². The summed E-state index contributed by atoms with van der Waals surface area (Å²) in [7, 11) is 0. The normalized spacial score (nSPS) is 9.62. The monoisotopic (exact) mass is 315 g/mol. The number of anilines is 2. The molecule has 0 saturated heterocycles. The van der Waals surface area contributed by atoms with Crippen molar-refractivity contribution in [1.82, 2.24) is 25.1 Å². The lowest BCUT2D eigenvalue weighted by atomic mass is 10.4. The molecule has 0 aliphatic rings. The number of H-pyrrole nitrogens is 2. The first-order valence-electron chi connectivity index (χ1n) is 5.72. The quantitative estimate of drug-likeness (QED) is 0.484. The van der Waals surface area contributed by atoms with E-state index in [0.29, 0.717) is 30.4 Å². The second-order valence-corrected chi connectivity index (χ2v) is 4.11. The summed E-state index contributed by atoms with van der Waals surface area (Å²) < 4.78 is 0. The number of carbonyl (C=O) groups is 1. The van der Waals surface area contributed by atoms with Crippen LogP contribution in [0.25, 0.3) is 0 Å². The minimum absolute atomic E-state index is 0.0395. The third-order valence-corrected chi connectivity index (χ3v) is 2.54. The summed E-state index contributed by atoms with van der Waals surface area (Å²) in [5.41, 5.74) is 5.01. The highest BCUT2D eigenvalue weighted by Crippen LogP contribution is 2.13.